The summed E-state index contributed by atoms with van der Waals surface area (Å²) in [6.07, 6.45) is 2.85. The molecular weight excluding hydrogens is 281 g/mol. The summed E-state index contributed by atoms with van der Waals surface area (Å²) < 4.78 is 0. The molecule has 1 atom stereocenters. The van der Waals surface area contributed by atoms with Crippen molar-refractivity contribution in [2.45, 2.75) is 19.4 Å². The van der Waals surface area contributed by atoms with Gasteiger partial charge >= 0.3 is 0 Å². The Bertz CT molecular complexity index is 403. The zero-order valence-corrected chi connectivity index (χ0v) is 11.9. The van der Waals surface area contributed by atoms with E-state index in [1.807, 2.05) is 13.2 Å². The van der Waals surface area contributed by atoms with Gasteiger partial charge in [-0.25, -0.2) is 0 Å². The van der Waals surface area contributed by atoms with Crippen LogP contribution in [0.4, 0.5) is 0 Å². The molecule has 1 heterocycles. The lowest BCUT2D eigenvalue weighted by atomic mass is 10.2. The lowest BCUT2D eigenvalue weighted by Crippen LogP contribution is -2.36. The van der Waals surface area contributed by atoms with Crippen LogP contribution in [0.2, 0.25) is 10.3 Å². The smallest absolute Gasteiger partial charge is 0.254 e. The molecular formula is C10H13Cl2N3OS. The van der Waals surface area contributed by atoms with Crippen LogP contribution in [0.5, 0.6) is 0 Å². The maximum Gasteiger partial charge on any atom is 0.254 e. The topological polar surface area (TPSA) is 54.9 Å². The van der Waals surface area contributed by atoms with Gasteiger partial charge in [0, 0.05) is 11.8 Å². The Balaban J connectivity index is 2.78. The van der Waals surface area contributed by atoms with Crippen molar-refractivity contribution >= 4 is 40.9 Å². The molecule has 0 aliphatic rings. The third-order valence-corrected chi connectivity index (χ3v) is 3.36. The van der Waals surface area contributed by atoms with E-state index in [-0.39, 0.29) is 27.8 Å². The molecule has 1 aromatic heterocycles. The minimum atomic E-state index is -0.271. The zero-order valence-electron chi connectivity index (χ0n) is 9.54. The van der Waals surface area contributed by atoms with E-state index in [0.717, 1.165) is 12.2 Å². The summed E-state index contributed by atoms with van der Waals surface area (Å²) in [6.45, 7) is 2.01. The van der Waals surface area contributed by atoms with E-state index >= 15 is 0 Å². The van der Waals surface area contributed by atoms with Crippen LogP contribution in [-0.4, -0.2) is 34.2 Å². The van der Waals surface area contributed by atoms with Crippen LogP contribution in [-0.2, 0) is 0 Å². The van der Waals surface area contributed by atoms with E-state index in [1.54, 1.807) is 11.8 Å². The van der Waals surface area contributed by atoms with Crippen LogP contribution < -0.4 is 5.32 Å². The normalized spacial score (nSPS) is 12.2. The Morgan fingerprint density at radius 3 is 2.82 bits per heavy atom. The number of carbonyl (C=O) groups is 1. The molecule has 0 aliphatic carbocycles. The van der Waals surface area contributed by atoms with Gasteiger partial charge in [-0.15, -0.1) is 10.2 Å². The van der Waals surface area contributed by atoms with Gasteiger partial charge in [-0.1, -0.05) is 30.1 Å². The van der Waals surface area contributed by atoms with E-state index in [2.05, 4.69) is 15.5 Å². The molecule has 7 heteroatoms. The predicted molar refractivity (Wildman–Crippen MR) is 72.0 cm³/mol. The lowest BCUT2D eigenvalue weighted by Gasteiger charge is -2.15. The lowest BCUT2D eigenvalue weighted by molar-refractivity contribution is 0.0939. The Hall–Kier alpha value is -0.520. The van der Waals surface area contributed by atoms with Crippen molar-refractivity contribution in [3.05, 3.63) is 21.9 Å². The molecule has 0 saturated carbocycles. The SMILES string of the molecule is CCC(CSC)NC(=O)c1cc(Cl)nnc1Cl. The van der Waals surface area contributed by atoms with E-state index < -0.39 is 0 Å². The van der Waals surface area contributed by atoms with E-state index in [4.69, 9.17) is 23.2 Å². The van der Waals surface area contributed by atoms with Gasteiger partial charge in [0.15, 0.2) is 10.3 Å². The Morgan fingerprint density at radius 2 is 2.24 bits per heavy atom. The third kappa shape index (κ3) is 4.33. The van der Waals surface area contributed by atoms with Gasteiger partial charge in [0.25, 0.3) is 5.91 Å². The average molecular weight is 294 g/mol. The van der Waals surface area contributed by atoms with Crippen molar-refractivity contribution < 1.29 is 4.79 Å². The molecule has 0 bridgehead atoms. The highest BCUT2D eigenvalue weighted by atomic mass is 35.5. The van der Waals surface area contributed by atoms with Crippen molar-refractivity contribution in [3.8, 4) is 0 Å². The highest BCUT2D eigenvalue weighted by Crippen LogP contribution is 2.15. The predicted octanol–water partition coefficient (Wildman–Crippen LogP) is 2.65. The van der Waals surface area contributed by atoms with Gasteiger partial charge in [-0.05, 0) is 18.7 Å². The number of thioether (sulfide) groups is 1. The molecule has 0 spiro atoms. The first-order valence-corrected chi connectivity index (χ1v) is 7.22. The standard InChI is InChI=1S/C10H13Cl2N3OS/c1-3-6(5-17-2)13-10(16)7-4-8(11)14-15-9(7)12/h4,6H,3,5H2,1-2H3,(H,13,16). The van der Waals surface area contributed by atoms with Gasteiger partial charge in [0.05, 0.1) is 5.56 Å². The number of aromatic nitrogens is 2. The summed E-state index contributed by atoms with van der Waals surface area (Å²) in [5.74, 6) is 0.583. The Kier molecular flexibility index (Phi) is 6.02. The molecule has 0 saturated heterocycles. The number of hydrogen-bond donors (Lipinski definition) is 1. The molecule has 1 aromatic rings. The fourth-order valence-electron chi connectivity index (χ4n) is 1.24. The molecule has 0 radical (unpaired) electrons. The molecule has 4 nitrogen and oxygen atoms in total. The number of carbonyl (C=O) groups excluding carboxylic acids is 1. The van der Waals surface area contributed by atoms with Crippen LogP contribution in [0.15, 0.2) is 6.07 Å². The minimum absolute atomic E-state index is 0.0610. The van der Waals surface area contributed by atoms with Crippen molar-refractivity contribution in [3.63, 3.8) is 0 Å². The Labute approximate surface area is 114 Å². The van der Waals surface area contributed by atoms with Crippen LogP contribution in [0, 0.1) is 0 Å². The molecule has 17 heavy (non-hydrogen) atoms. The van der Waals surface area contributed by atoms with E-state index in [9.17, 15) is 4.79 Å². The summed E-state index contributed by atoms with van der Waals surface area (Å²) in [5, 5.41) is 10.2. The number of hydrogen-bond acceptors (Lipinski definition) is 4. The van der Waals surface area contributed by atoms with Gasteiger partial charge in [0.2, 0.25) is 0 Å². The summed E-state index contributed by atoms with van der Waals surface area (Å²) in [7, 11) is 0. The van der Waals surface area contributed by atoms with Gasteiger partial charge in [0.1, 0.15) is 0 Å². The summed E-state index contributed by atoms with van der Waals surface area (Å²) >= 11 is 13.1. The minimum Gasteiger partial charge on any atom is -0.348 e. The Morgan fingerprint density at radius 1 is 1.53 bits per heavy atom. The first-order chi connectivity index (χ1) is 8.08. The third-order valence-electron chi connectivity index (χ3n) is 2.16. The molecule has 0 aliphatic heterocycles. The number of rotatable bonds is 5. The zero-order chi connectivity index (χ0) is 12.8. The van der Waals surface area contributed by atoms with Gasteiger partial charge in [-0.3, -0.25) is 4.79 Å². The molecule has 94 valence electrons. The van der Waals surface area contributed by atoms with Crippen LogP contribution in [0.25, 0.3) is 0 Å². The summed E-state index contributed by atoms with van der Waals surface area (Å²) in [6, 6.07) is 1.53. The highest BCUT2D eigenvalue weighted by molar-refractivity contribution is 7.98. The van der Waals surface area contributed by atoms with Crippen molar-refractivity contribution in [2.75, 3.05) is 12.0 Å². The van der Waals surface area contributed by atoms with Crippen molar-refractivity contribution in [2.24, 2.45) is 0 Å². The molecule has 1 unspecified atom stereocenters. The van der Waals surface area contributed by atoms with E-state index in [1.165, 1.54) is 6.07 Å². The first kappa shape index (κ1) is 14.5. The van der Waals surface area contributed by atoms with Crippen LogP contribution in [0.1, 0.15) is 23.7 Å². The van der Waals surface area contributed by atoms with Crippen molar-refractivity contribution in [1.82, 2.24) is 15.5 Å². The molecule has 1 N–H and O–H groups in total. The maximum absolute atomic E-state index is 11.9. The van der Waals surface area contributed by atoms with Gasteiger partial charge in [-0.2, -0.15) is 11.8 Å². The second-order valence-corrected chi connectivity index (χ2v) is 5.06. The van der Waals surface area contributed by atoms with Crippen molar-refractivity contribution in [1.29, 1.82) is 0 Å². The average Bonchev–Trinajstić information content (AvgIpc) is 2.31. The first-order valence-electron chi connectivity index (χ1n) is 5.07. The van der Waals surface area contributed by atoms with Crippen LogP contribution >= 0.6 is 35.0 Å². The number of halogens is 2. The second kappa shape index (κ2) is 7.03. The van der Waals surface area contributed by atoms with E-state index in [0.29, 0.717) is 0 Å². The largest absolute Gasteiger partial charge is 0.348 e. The fourth-order valence-corrected chi connectivity index (χ4v) is 2.28. The number of amides is 1. The van der Waals surface area contributed by atoms with Crippen LogP contribution in [0.3, 0.4) is 0 Å². The molecule has 1 amide bonds. The fraction of sp³-hybridized carbons (Fsp3) is 0.500. The molecule has 1 rings (SSSR count). The monoisotopic (exact) mass is 293 g/mol. The number of nitrogens with zero attached hydrogens (tertiary/aromatic N) is 2. The second-order valence-electron chi connectivity index (χ2n) is 3.41. The highest BCUT2D eigenvalue weighted by Gasteiger charge is 2.16. The van der Waals surface area contributed by atoms with Gasteiger partial charge < -0.3 is 5.32 Å². The summed E-state index contributed by atoms with van der Waals surface area (Å²) in [5.41, 5.74) is 0.256. The quantitative estimate of drug-likeness (QED) is 0.907. The maximum atomic E-state index is 11.9. The number of nitrogens with one attached hydrogen (secondary N) is 1. The molecule has 0 fully saturated rings. The molecule has 0 aromatic carbocycles. The summed E-state index contributed by atoms with van der Waals surface area (Å²) in [4.78, 5) is 11.9.